The van der Waals surface area contributed by atoms with Gasteiger partial charge in [-0.15, -0.1) is 0 Å². The second-order valence-corrected chi connectivity index (χ2v) is 5.80. The van der Waals surface area contributed by atoms with Crippen molar-refractivity contribution in [3.05, 3.63) is 53.9 Å². The average molecular weight is 311 g/mol. The van der Waals surface area contributed by atoms with Crippen LogP contribution in [-0.2, 0) is 0 Å². The highest BCUT2D eigenvalue weighted by Crippen LogP contribution is 2.21. The molecule has 23 heavy (non-hydrogen) atoms. The smallest absolute Gasteiger partial charge is 0.254 e. The van der Waals surface area contributed by atoms with E-state index in [2.05, 4.69) is 10.3 Å². The van der Waals surface area contributed by atoms with E-state index < -0.39 is 0 Å². The van der Waals surface area contributed by atoms with Crippen LogP contribution in [0.2, 0.25) is 0 Å². The van der Waals surface area contributed by atoms with E-state index in [0.717, 1.165) is 35.5 Å². The maximum absolute atomic E-state index is 12.7. The van der Waals surface area contributed by atoms with Crippen LogP contribution in [0.1, 0.15) is 22.3 Å². The van der Waals surface area contributed by atoms with Gasteiger partial charge < -0.3 is 15.0 Å². The Balaban J connectivity index is 1.65. The maximum Gasteiger partial charge on any atom is 0.254 e. The van der Waals surface area contributed by atoms with Gasteiger partial charge in [0, 0.05) is 37.1 Å². The number of pyridine rings is 1. The molecule has 0 saturated carbocycles. The first-order valence-electron chi connectivity index (χ1n) is 7.78. The Kier molecular flexibility index (Phi) is 4.46. The standard InChI is InChI=1S/C18H21N3O2/c1-13-10-16(23-2)5-6-17(13)18(22)21-9-7-15(12-21)20-14-4-3-8-19-11-14/h3-6,8,10-11,15,20H,7,9,12H2,1-2H3/t15-/m0/s1. The van der Waals surface area contributed by atoms with Crippen LogP contribution >= 0.6 is 0 Å². The normalized spacial score (nSPS) is 17.1. The van der Waals surface area contributed by atoms with Crippen molar-refractivity contribution < 1.29 is 9.53 Å². The second kappa shape index (κ2) is 6.69. The van der Waals surface area contributed by atoms with Crippen molar-refractivity contribution in [2.45, 2.75) is 19.4 Å². The summed E-state index contributed by atoms with van der Waals surface area (Å²) < 4.78 is 5.20. The number of hydrogen-bond donors (Lipinski definition) is 1. The third-order valence-electron chi connectivity index (χ3n) is 4.17. The van der Waals surface area contributed by atoms with E-state index in [1.54, 1.807) is 19.5 Å². The van der Waals surface area contributed by atoms with Gasteiger partial charge in [0.25, 0.3) is 5.91 Å². The predicted octanol–water partition coefficient (Wildman–Crippen LogP) is 2.73. The van der Waals surface area contributed by atoms with Gasteiger partial charge in [-0.05, 0) is 49.2 Å². The van der Waals surface area contributed by atoms with Crippen LogP contribution in [0.4, 0.5) is 5.69 Å². The van der Waals surface area contributed by atoms with E-state index in [4.69, 9.17) is 4.74 Å². The number of carbonyl (C=O) groups is 1. The minimum absolute atomic E-state index is 0.0839. The van der Waals surface area contributed by atoms with Gasteiger partial charge in [-0.3, -0.25) is 9.78 Å². The summed E-state index contributed by atoms with van der Waals surface area (Å²) in [5.41, 5.74) is 2.68. The molecular formula is C18H21N3O2. The fourth-order valence-corrected chi connectivity index (χ4v) is 2.92. The lowest BCUT2D eigenvalue weighted by molar-refractivity contribution is 0.0791. The Morgan fingerprint density at radius 3 is 2.96 bits per heavy atom. The molecule has 1 N–H and O–H groups in total. The number of likely N-dealkylation sites (tertiary alicyclic amines) is 1. The summed E-state index contributed by atoms with van der Waals surface area (Å²) in [7, 11) is 1.63. The zero-order valence-corrected chi connectivity index (χ0v) is 13.5. The molecule has 1 aliphatic heterocycles. The molecule has 1 aliphatic rings. The molecule has 1 fully saturated rings. The molecule has 0 spiro atoms. The highest BCUT2D eigenvalue weighted by molar-refractivity contribution is 5.96. The lowest BCUT2D eigenvalue weighted by Gasteiger charge is -2.19. The van der Waals surface area contributed by atoms with Crippen LogP contribution in [0, 0.1) is 6.92 Å². The Labute approximate surface area is 136 Å². The first kappa shape index (κ1) is 15.3. The summed E-state index contributed by atoms with van der Waals surface area (Å²) >= 11 is 0. The van der Waals surface area contributed by atoms with Crippen LogP contribution in [0.3, 0.4) is 0 Å². The molecule has 0 bridgehead atoms. The van der Waals surface area contributed by atoms with Crippen molar-refractivity contribution >= 4 is 11.6 Å². The molecule has 3 rings (SSSR count). The van der Waals surface area contributed by atoms with Gasteiger partial charge in [-0.1, -0.05) is 0 Å². The molecule has 1 amide bonds. The molecule has 0 radical (unpaired) electrons. The molecule has 0 unspecified atom stereocenters. The van der Waals surface area contributed by atoms with Crippen LogP contribution in [0.5, 0.6) is 5.75 Å². The highest BCUT2D eigenvalue weighted by Gasteiger charge is 2.27. The summed E-state index contributed by atoms with van der Waals surface area (Å²) in [6.07, 6.45) is 4.50. The summed E-state index contributed by atoms with van der Waals surface area (Å²) in [4.78, 5) is 18.7. The van der Waals surface area contributed by atoms with Crippen molar-refractivity contribution in [3.63, 3.8) is 0 Å². The summed E-state index contributed by atoms with van der Waals surface area (Å²) in [6, 6.07) is 9.74. The lowest BCUT2D eigenvalue weighted by Crippen LogP contribution is -2.32. The number of carbonyl (C=O) groups excluding carboxylic acids is 1. The first-order chi connectivity index (χ1) is 11.2. The number of hydrogen-bond acceptors (Lipinski definition) is 4. The lowest BCUT2D eigenvalue weighted by atomic mass is 10.1. The second-order valence-electron chi connectivity index (χ2n) is 5.80. The van der Waals surface area contributed by atoms with Crippen molar-refractivity contribution in [1.29, 1.82) is 0 Å². The topological polar surface area (TPSA) is 54.5 Å². The van der Waals surface area contributed by atoms with E-state index in [9.17, 15) is 4.79 Å². The number of amides is 1. The number of ether oxygens (including phenoxy) is 1. The third-order valence-corrected chi connectivity index (χ3v) is 4.17. The van der Waals surface area contributed by atoms with E-state index >= 15 is 0 Å². The van der Waals surface area contributed by atoms with Gasteiger partial charge in [0.15, 0.2) is 0 Å². The van der Waals surface area contributed by atoms with E-state index in [0.29, 0.717) is 6.54 Å². The minimum Gasteiger partial charge on any atom is -0.497 e. The highest BCUT2D eigenvalue weighted by atomic mass is 16.5. The average Bonchev–Trinajstić information content (AvgIpc) is 3.03. The molecule has 2 heterocycles. The predicted molar refractivity (Wildman–Crippen MR) is 89.9 cm³/mol. The summed E-state index contributed by atoms with van der Waals surface area (Å²) in [5.74, 6) is 0.859. The van der Waals surface area contributed by atoms with Gasteiger partial charge in [-0.25, -0.2) is 0 Å². The quantitative estimate of drug-likeness (QED) is 0.943. The molecular weight excluding hydrogens is 290 g/mol. The van der Waals surface area contributed by atoms with Crippen molar-refractivity contribution in [2.24, 2.45) is 0 Å². The molecule has 120 valence electrons. The minimum atomic E-state index is 0.0839. The Bertz CT molecular complexity index is 688. The number of benzene rings is 1. The Morgan fingerprint density at radius 1 is 1.39 bits per heavy atom. The largest absolute Gasteiger partial charge is 0.497 e. The number of nitrogens with one attached hydrogen (secondary N) is 1. The molecule has 5 heteroatoms. The van der Waals surface area contributed by atoms with Gasteiger partial charge in [-0.2, -0.15) is 0 Å². The summed E-state index contributed by atoms with van der Waals surface area (Å²) in [6.45, 7) is 3.42. The van der Waals surface area contributed by atoms with Gasteiger partial charge in [0.2, 0.25) is 0 Å². The number of methoxy groups -OCH3 is 1. The fourth-order valence-electron chi connectivity index (χ4n) is 2.92. The van der Waals surface area contributed by atoms with Gasteiger partial charge in [0.05, 0.1) is 12.8 Å². The van der Waals surface area contributed by atoms with E-state index in [1.165, 1.54) is 0 Å². The molecule has 5 nitrogen and oxygen atoms in total. The van der Waals surface area contributed by atoms with Gasteiger partial charge in [0.1, 0.15) is 5.75 Å². The van der Waals surface area contributed by atoms with E-state index in [1.807, 2.05) is 42.2 Å². The number of nitrogens with zero attached hydrogens (tertiary/aromatic N) is 2. The number of aryl methyl sites for hydroxylation is 1. The summed E-state index contributed by atoms with van der Waals surface area (Å²) in [5, 5.41) is 3.43. The number of rotatable bonds is 4. The number of aromatic nitrogens is 1. The Morgan fingerprint density at radius 2 is 2.26 bits per heavy atom. The van der Waals surface area contributed by atoms with E-state index in [-0.39, 0.29) is 11.9 Å². The number of anilines is 1. The van der Waals surface area contributed by atoms with Crippen molar-refractivity contribution in [3.8, 4) is 5.75 Å². The van der Waals surface area contributed by atoms with Crippen LogP contribution in [-0.4, -0.2) is 42.0 Å². The molecule has 0 aliphatic carbocycles. The fraction of sp³-hybridized carbons (Fsp3) is 0.333. The molecule has 1 saturated heterocycles. The van der Waals surface area contributed by atoms with Crippen LogP contribution in [0.25, 0.3) is 0 Å². The van der Waals surface area contributed by atoms with Crippen molar-refractivity contribution in [2.75, 3.05) is 25.5 Å². The third kappa shape index (κ3) is 3.44. The van der Waals surface area contributed by atoms with Gasteiger partial charge >= 0.3 is 0 Å². The first-order valence-corrected chi connectivity index (χ1v) is 7.78. The zero-order chi connectivity index (χ0) is 16.2. The zero-order valence-electron chi connectivity index (χ0n) is 13.5. The van der Waals surface area contributed by atoms with Crippen molar-refractivity contribution in [1.82, 2.24) is 9.88 Å². The molecule has 1 atom stereocenters. The monoisotopic (exact) mass is 311 g/mol. The Hall–Kier alpha value is -2.56. The molecule has 2 aromatic rings. The molecule has 1 aromatic carbocycles. The SMILES string of the molecule is COc1ccc(C(=O)N2CC[C@H](Nc3cccnc3)C2)c(C)c1. The van der Waals surface area contributed by atoms with Crippen LogP contribution < -0.4 is 10.1 Å². The van der Waals surface area contributed by atoms with Crippen LogP contribution in [0.15, 0.2) is 42.7 Å². The molecule has 1 aromatic heterocycles. The maximum atomic E-state index is 12.7.